The molecule has 0 spiro atoms. The minimum atomic E-state index is 0.329. The van der Waals surface area contributed by atoms with Crippen molar-refractivity contribution in [3.05, 3.63) is 18.1 Å². The summed E-state index contributed by atoms with van der Waals surface area (Å²) in [5.74, 6) is 1.61. The third kappa shape index (κ3) is 2.30. The number of nitrogens with zero attached hydrogens (tertiary/aromatic N) is 4. The van der Waals surface area contributed by atoms with Crippen LogP contribution in [0.4, 0.5) is 5.82 Å². The van der Waals surface area contributed by atoms with E-state index in [1.807, 2.05) is 11.8 Å². The van der Waals surface area contributed by atoms with Crippen molar-refractivity contribution < 1.29 is 4.79 Å². The summed E-state index contributed by atoms with van der Waals surface area (Å²) in [6.45, 7) is 5.28. The topological polar surface area (TPSA) is 49.3 Å². The highest BCUT2D eigenvalue weighted by molar-refractivity contribution is 5.81. The quantitative estimate of drug-likeness (QED) is 0.776. The Morgan fingerprint density at radius 3 is 2.56 bits per heavy atom. The van der Waals surface area contributed by atoms with E-state index in [0.29, 0.717) is 11.8 Å². The Labute approximate surface area is 107 Å². The van der Waals surface area contributed by atoms with Crippen LogP contribution in [0.2, 0.25) is 0 Å². The second-order valence-electron chi connectivity index (χ2n) is 5.11. The van der Waals surface area contributed by atoms with Gasteiger partial charge in [-0.25, -0.2) is 4.98 Å². The minimum Gasteiger partial charge on any atom is -0.352 e. The van der Waals surface area contributed by atoms with Gasteiger partial charge in [-0.1, -0.05) is 0 Å². The molecule has 1 saturated carbocycles. The van der Waals surface area contributed by atoms with E-state index < -0.39 is 0 Å². The van der Waals surface area contributed by atoms with E-state index >= 15 is 0 Å². The maximum Gasteiger partial charge on any atom is 0.225 e. The van der Waals surface area contributed by atoms with E-state index in [-0.39, 0.29) is 0 Å². The van der Waals surface area contributed by atoms with Crippen LogP contribution in [0.5, 0.6) is 0 Å². The van der Waals surface area contributed by atoms with Crippen molar-refractivity contribution >= 4 is 11.7 Å². The van der Waals surface area contributed by atoms with Crippen molar-refractivity contribution in [1.29, 1.82) is 0 Å². The second kappa shape index (κ2) is 4.55. The molecule has 0 radical (unpaired) electrons. The molecule has 1 amide bonds. The summed E-state index contributed by atoms with van der Waals surface area (Å²) in [7, 11) is 0. The van der Waals surface area contributed by atoms with Gasteiger partial charge >= 0.3 is 0 Å². The normalized spacial score (nSPS) is 20.1. The van der Waals surface area contributed by atoms with E-state index in [2.05, 4.69) is 14.9 Å². The molecule has 0 bridgehead atoms. The number of amides is 1. The van der Waals surface area contributed by atoms with Gasteiger partial charge in [0, 0.05) is 38.3 Å². The average molecular weight is 246 g/mol. The monoisotopic (exact) mass is 246 g/mol. The lowest BCUT2D eigenvalue weighted by molar-refractivity contribution is -0.132. The molecule has 1 aliphatic carbocycles. The lowest BCUT2D eigenvalue weighted by Gasteiger charge is -2.35. The first-order chi connectivity index (χ1) is 8.74. The molecule has 1 aromatic heterocycles. The summed E-state index contributed by atoms with van der Waals surface area (Å²) in [4.78, 5) is 24.8. The molecule has 96 valence electrons. The Kier molecular flexibility index (Phi) is 2.89. The van der Waals surface area contributed by atoms with E-state index in [1.54, 1.807) is 12.4 Å². The summed E-state index contributed by atoms with van der Waals surface area (Å²) in [5.41, 5.74) is 0.934. The van der Waals surface area contributed by atoms with Crippen LogP contribution in [0.3, 0.4) is 0 Å². The summed E-state index contributed by atoms with van der Waals surface area (Å²) >= 11 is 0. The third-order valence-corrected chi connectivity index (χ3v) is 3.58. The Bertz CT molecular complexity index is 450. The molecule has 0 N–H and O–H groups in total. The molecule has 3 rings (SSSR count). The predicted molar refractivity (Wildman–Crippen MR) is 68.3 cm³/mol. The van der Waals surface area contributed by atoms with Gasteiger partial charge in [-0.2, -0.15) is 0 Å². The number of hydrogen-bond acceptors (Lipinski definition) is 4. The smallest absolute Gasteiger partial charge is 0.225 e. The molecule has 5 nitrogen and oxygen atoms in total. The number of carbonyl (C=O) groups is 1. The fraction of sp³-hybridized carbons (Fsp3) is 0.615. The molecule has 5 heteroatoms. The van der Waals surface area contributed by atoms with Gasteiger partial charge in [-0.15, -0.1) is 0 Å². The lowest BCUT2D eigenvalue weighted by Crippen LogP contribution is -2.49. The van der Waals surface area contributed by atoms with Crippen LogP contribution in [0, 0.1) is 12.8 Å². The highest BCUT2D eigenvalue weighted by Gasteiger charge is 2.34. The van der Waals surface area contributed by atoms with Crippen LogP contribution in [0.1, 0.15) is 18.5 Å². The van der Waals surface area contributed by atoms with Crippen LogP contribution in [0.25, 0.3) is 0 Å². The fourth-order valence-corrected chi connectivity index (χ4v) is 2.35. The van der Waals surface area contributed by atoms with E-state index in [0.717, 1.165) is 50.5 Å². The molecule has 2 aliphatic rings. The van der Waals surface area contributed by atoms with Gasteiger partial charge in [-0.05, 0) is 19.8 Å². The second-order valence-corrected chi connectivity index (χ2v) is 5.11. The standard InChI is InChI=1S/C13H18N4O/c1-10-8-14-9-12(15-10)16-4-6-17(7-5-16)13(18)11-2-3-11/h8-9,11H,2-7H2,1H3. The Balaban J connectivity index is 1.61. The Hall–Kier alpha value is -1.65. The zero-order valence-corrected chi connectivity index (χ0v) is 10.7. The zero-order chi connectivity index (χ0) is 12.5. The van der Waals surface area contributed by atoms with Crippen LogP contribution in [-0.2, 0) is 4.79 Å². The van der Waals surface area contributed by atoms with E-state index in [4.69, 9.17) is 0 Å². The number of aryl methyl sites for hydroxylation is 1. The van der Waals surface area contributed by atoms with Crippen LogP contribution < -0.4 is 4.90 Å². The van der Waals surface area contributed by atoms with Gasteiger partial charge in [0.25, 0.3) is 0 Å². The summed E-state index contributed by atoms with van der Waals surface area (Å²) in [6.07, 6.45) is 5.73. The van der Waals surface area contributed by atoms with Crippen LogP contribution >= 0.6 is 0 Å². The summed E-state index contributed by atoms with van der Waals surface area (Å²) in [5, 5.41) is 0. The molecule has 1 aromatic rings. The average Bonchev–Trinajstić information content (AvgIpc) is 3.22. The number of piperazine rings is 1. The molecule has 2 fully saturated rings. The van der Waals surface area contributed by atoms with Gasteiger partial charge in [0.2, 0.25) is 5.91 Å². The SMILES string of the molecule is Cc1cncc(N2CCN(C(=O)C3CC3)CC2)n1. The molecular weight excluding hydrogens is 228 g/mol. The molecule has 0 unspecified atom stereocenters. The van der Waals surface area contributed by atoms with Gasteiger partial charge in [-0.3, -0.25) is 9.78 Å². The van der Waals surface area contributed by atoms with Gasteiger partial charge in [0.15, 0.2) is 0 Å². The maximum atomic E-state index is 11.9. The van der Waals surface area contributed by atoms with Gasteiger partial charge in [0.05, 0.1) is 11.9 Å². The molecular formula is C13H18N4O. The summed E-state index contributed by atoms with van der Waals surface area (Å²) < 4.78 is 0. The van der Waals surface area contributed by atoms with Crippen molar-refractivity contribution in [2.75, 3.05) is 31.1 Å². The predicted octanol–water partition coefficient (Wildman–Crippen LogP) is 0.844. The molecule has 0 aromatic carbocycles. The van der Waals surface area contributed by atoms with Gasteiger partial charge in [0.1, 0.15) is 5.82 Å². The highest BCUT2D eigenvalue weighted by Crippen LogP contribution is 2.31. The number of rotatable bonds is 2. The van der Waals surface area contributed by atoms with E-state index in [1.165, 1.54) is 0 Å². The molecule has 1 aliphatic heterocycles. The highest BCUT2D eigenvalue weighted by atomic mass is 16.2. The van der Waals surface area contributed by atoms with Crippen molar-refractivity contribution in [2.45, 2.75) is 19.8 Å². The fourth-order valence-electron chi connectivity index (χ4n) is 2.35. The van der Waals surface area contributed by atoms with Crippen molar-refractivity contribution in [3.8, 4) is 0 Å². The Morgan fingerprint density at radius 2 is 1.94 bits per heavy atom. The number of hydrogen-bond donors (Lipinski definition) is 0. The molecule has 0 atom stereocenters. The molecule has 2 heterocycles. The molecule has 1 saturated heterocycles. The van der Waals surface area contributed by atoms with Crippen molar-refractivity contribution in [2.24, 2.45) is 5.92 Å². The number of aromatic nitrogens is 2. The van der Waals surface area contributed by atoms with E-state index in [9.17, 15) is 4.79 Å². The first-order valence-corrected chi connectivity index (χ1v) is 6.56. The Morgan fingerprint density at radius 1 is 1.22 bits per heavy atom. The first-order valence-electron chi connectivity index (χ1n) is 6.56. The number of carbonyl (C=O) groups excluding carboxylic acids is 1. The summed E-state index contributed by atoms with van der Waals surface area (Å²) in [6, 6.07) is 0. The third-order valence-electron chi connectivity index (χ3n) is 3.58. The zero-order valence-electron chi connectivity index (χ0n) is 10.7. The minimum absolute atomic E-state index is 0.329. The first kappa shape index (κ1) is 11.4. The largest absolute Gasteiger partial charge is 0.352 e. The number of anilines is 1. The lowest BCUT2D eigenvalue weighted by atomic mass is 10.2. The molecule has 18 heavy (non-hydrogen) atoms. The van der Waals surface area contributed by atoms with Crippen LogP contribution in [0.15, 0.2) is 12.4 Å². The van der Waals surface area contributed by atoms with Crippen molar-refractivity contribution in [3.63, 3.8) is 0 Å². The van der Waals surface area contributed by atoms with Crippen molar-refractivity contribution in [1.82, 2.24) is 14.9 Å². The van der Waals surface area contributed by atoms with Crippen LogP contribution in [-0.4, -0.2) is 47.0 Å². The maximum absolute atomic E-state index is 11.9. The van der Waals surface area contributed by atoms with Gasteiger partial charge < -0.3 is 9.80 Å².